The van der Waals surface area contributed by atoms with Gasteiger partial charge < -0.3 is 10.6 Å². The quantitative estimate of drug-likeness (QED) is 0.130. The highest BCUT2D eigenvalue weighted by Crippen LogP contribution is 2.52. The number of nitrogens with one attached hydrogen (secondary N) is 2. The molecule has 2 saturated heterocycles. The molecule has 1 saturated carbocycles. The van der Waals surface area contributed by atoms with Crippen LogP contribution >= 0.6 is 24.0 Å². The standard InChI is InChI=1S/C20H28F3N5O2.HI/c1-24-19(26-14-5-8-27(10-14)11-20(21,22)23)25-6-2-7-28-17(29)15-12-3-4-13(9-12)16(15)18(28)30;/h3-4,12-16H,2,5-11H2,1H3,(H2,24,25,26);1H. The number of likely N-dealkylation sites (tertiary alicyclic amines) is 2. The van der Waals surface area contributed by atoms with Crippen LogP contribution in [0.25, 0.3) is 0 Å². The third-order valence-electron chi connectivity index (χ3n) is 6.65. The molecule has 7 nitrogen and oxygen atoms in total. The molecule has 2 aliphatic heterocycles. The highest BCUT2D eigenvalue weighted by atomic mass is 127. The van der Waals surface area contributed by atoms with Gasteiger partial charge in [-0.05, 0) is 31.1 Å². The number of imide groups is 1. The summed E-state index contributed by atoms with van der Waals surface area (Å²) >= 11 is 0. The van der Waals surface area contributed by atoms with Gasteiger partial charge in [0.05, 0.1) is 18.4 Å². The topological polar surface area (TPSA) is 77.0 Å². The molecular formula is C20H29F3IN5O2. The molecule has 11 heteroatoms. The van der Waals surface area contributed by atoms with Crippen molar-refractivity contribution in [3.8, 4) is 0 Å². The number of alkyl halides is 3. The molecule has 4 aliphatic rings. The van der Waals surface area contributed by atoms with E-state index in [-0.39, 0.29) is 65.5 Å². The molecule has 31 heavy (non-hydrogen) atoms. The summed E-state index contributed by atoms with van der Waals surface area (Å²) in [5, 5.41) is 6.28. The van der Waals surface area contributed by atoms with Gasteiger partial charge in [-0.15, -0.1) is 24.0 Å². The zero-order valence-corrected chi connectivity index (χ0v) is 19.7. The number of carbonyl (C=O) groups is 2. The molecule has 4 rings (SSSR count). The second-order valence-corrected chi connectivity index (χ2v) is 8.66. The van der Waals surface area contributed by atoms with Gasteiger partial charge in [0.25, 0.3) is 0 Å². The molecule has 0 aromatic carbocycles. The van der Waals surface area contributed by atoms with Gasteiger partial charge in [0.2, 0.25) is 11.8 Å². The number of aliphatic imine (C=N–C) groups is 1. The van der Waals surface area contributed by atoms with Crippen LogP contribution in [0.3, 0.4) is 0 Å². The average molecular weight is 555 g/mol. The van der Waals surface area contributed by atoms with E-state index in [4.69, 9.17) is 0 Å². The predicted octanol–water partition coefficient (Wildman–Crippen LogP) is 1.60. The van der Waals surface area contributed by atoms with Crippen LogP contribution in [0.1, 0.15) is 19.3 Å². The van der Waals surface area contributed by atoms with E-state index < -0.39 is 12.7 Å². The third-order valence-corrected chi connectivity index (χ3v) is 6.65. The fourth-order valence-corrected chi connectivity index (χ4v) is 5.36. The number of amides is 2. The molecular weight excluding hydrogens is 526 g/mol. The summed E-state index contributed by atoms with van der Waals surface area (Å²) in [5.41, 5.74) is 0. The van der Waals surface area contributed by atoms with E-state index >= 15 is 0 Å². The number of hydrogen-bond donors (Lipinski definition) is 2. The van der Waals surface area contributed by atoms with Crippen molar-refractivity contribution in [1.29, 1.82) is 0 Å². The summed E-state index contributed by atoms with van der Waals surface area (Å²) in [5.74, 6) is 0.526. The predicted molar refractivity (Wildman–Crippen MR) is 120 cm³/mol. The molecule has 5 atom stereocenters. The van der Waals surface area contributed by atoms with E-state index in [1.54, 1.807) is 7.05 Å². The van der Waals surface area contributed by atoms with E-state index in [0.29, 0.717) is 45.0 Å². The van der Waals surface area contributed by atoms with Crippen LogP contribution in [-0.2, 0) is 9.59 Å². The fraction of sp³-hybridized carbons (Fsp3) is 0.750. The van der Waals surface area contributed by atoms with Gasteiger partial charge >= 0.3 is 6.18 Å². The molecule has 2 bridgehead atoms. The largest absolute Gasteiger partial charge is 0.401 e. The van der Waals surface area contributed by atoms with Crippen molar-refractivity contribution in [3.05, 3.63) is 12.2 Å². The Morgan fingerprint density at radius 2 is 1.84 bits per heavy atom. The maximum atomic E-state index is 12.7. The summed E-state index contributed by atoms with van der Waals surface area (Å²) in [6, 6.07) is -0.0948. The zero-order valence-electron chi connectivity index (χ0n) is 17.4. The first kappa shape index (κ1) is 24.3. The smallest absolute Gasteiger partial charge is 0.356 e. The lowest BCUT2D eigenvalue weighted by Gasteiger charge is -2.20. The van der Waals surface area contributed by atoms with Crippen LogP contribution in [0.4, 0.5) is 13.2 Å². The first-order valence-electron chi connectivity index (χ1n) is 10.6. The molecule has 2 aliphatic carbocycles. The van der Waals surface area contributed by atoms with Gasteiger partial charge in [0.15, 0.2) is 5.96 Å². The van der Waals surface area contributed by atoms with Crippen molar-refractivity contribution >= 4 is 41.8 Å². The second-order valence-electron chi connectivity index (χ2n) is 8.66. The molecule has 2 heterocycles. The fourth-order valence-electron chi connectivity index (χ4n) is 5.36. The van der Waals surface area contributed by atoms with E-state index in [9.17, 15) is 22.8 Å². The number of fused-ring (bicyclic) bond motifs is 5. The van der Waals surface area contributed by atoms with Crippen molar-refractivity contribution in [2.45, 2.75) is 31.5 Å². The van der Waals surface area contributed by atoms with Crippen LogP contribution in [0.15, 0.2) is 17.1 Å². The number of nitrogens with zero attached hydrogens (tertiary/aromatic N) is 3. The lowest BCUT2D eigenvalue weighted by Crippen LogP contribution is -2.46. The van der Waals surface area contributed by atoms with E-state index in [1.807, 2.05) is 0 Å². The monoisotopic (exact) mass is 555 g/mol. The summed E-state index contributed by atoms with van der Waals surface area (Å²) in [6.07, 6.45) is 2.10. The van der Waals surface area contributed by atoms with Crippen LogP contribution in [0.2, 0.25) is 0 Å². The highest BCUT2D eigenvalue weighted by molar-refractivity contribution is 14.0. The molecule has 2 N–H and O–H groups in total. The number of halogens is 4. The minimum Gasteiger partial charge on any atom is -0.356 e. The Kier molecular flexibility index (Phi) is 7.54. The van der Waals surface area contributed by atoms with Gasteiger partial charge in [0.1, 0.15) is 0 Å². The molecule has 0 aromatic heterocycles. The number of guanidine groups is 1. The van der Waals surface area contributed by atoms with Crippen LogP contribution in [0, 0.1) is 23.7 Å². The average Bonchev–Trinajstić information content (AvgIpc) is 3.43. The highest BCUT2D eigenvalue weighted by Gasteiger charge is 2.58. The second kappa shape index (κ2) is 9.63. The van der Waals surface area contributed by atoms with E-state index in [2.05, 4.69) is 27.8 Å². The Morgan fingerprint density at radius 1 is 1.19 bits per heavy atom. The summed E-state index contributed by atoms with van der Waals surface area (Å²) in [6.45, 7) is 0.698. The third kappa shape index (κ3) is 5.18. The van der Waals surface area contributed by atoms with Crippen LogP contribution in [0.5, 0.6) is 0 Å². The first-order valence-corrected chi connectivity index (χ1v) is 10.6. The van der Waals surface area contributed by atoms with Gasteiger partial charge in [-0.3, -0.25) is 24.4 Å². The summed E-state index contributed by atoms with van der Waals surface area (Å²) in [4.78, 5) is 32.2. The summed E-state index contributed by atoms with van der Waals surface area (Å²) < 4.78 is 37.6. The van der Waals surface area contributed by atoms with Crippen LogP contribution < -0.4 is 10.6 Å². The summed E-state index contributed by atoms with van der Waals surface area (Å²) in [7, 11) is 1.61. The Hall–Kier alpha value is -1.37. The molecule has 0 spiro atoms. The molecule has 5 unspecified atom stereocenters. The van der Waals surface area contributed by atoms with Crippen molar-refractivity contribution in [2.24, 2.45) is 28.7 Å². The lowest BCUT2D eigenvalue weighted by atomic mass is 9.85. The van der Waals surface area contributed by atoms with Crippen molar-refractivity contribution in [3.63, 3.8) is 0 Å². The van der Waals surface area contributed by atoms with Crippen molar-refractivity contribution in [2.75, 3.05) is 39.8 Å². The molecule has 0 aromatic rings. The Labute approximate surface area is 196 Å². The minimum atomic E-state index is -4.19. The maximum Gasteiger partial charge on any atom is 0.401 e. The number of hydrogen-bond acceptors (Lipinski definition) is 4. The molecule has 174 valence electrons. The Bertz CT molecular complexity index is 730. The number of rotatable bonds is 6. The van der Waals surface area contributed by atoms with Gasteiger partial charge in [0, 0.05) is 39.3 Å². The SMILES string of the molecule is CN=C(NCCCN1C(=O)C2C3C=CC(C3)C2C1=O)NC1CCN(CC(F)(F)F)C1.I. The van der Waals surface area contributed by atoms with E-state index in [1.165, 1.54) is 9.80 Å². The lowest BCUT2D eigenvalue weighted by molar-refractivity contribution is -0.144. The Morgan fingerprint density at radius 3 is 2.42 bits per heavy atom. The number of allylic oxidation sites excluding steroid dienone is 2. The molecule has 2 amide bonds. The van der Waals surface area contributed by atoms with Gasteiger partial charge in [-0.1, -0.05) is 12.2 Å². The molecule has 0 radical (unpaired) electrons. The van der Waals surface area contributed by atoms with Gasteiger partial charge in [-0.2, -0.15) is 13.2 Å². The Balaban J connectivity index is 0.00000272. The van der Waals surface area contributed by atoms with E-state index in [0.717, 1.165) is 6.42 Å². The first-order chi connectivity index (χ1) is 14.3. The normalized spacial score (nSPS) is 32.6. The van der Waals surface area contributed by atoms with Crippen LogP contribution in [-0.4, -0.2) is 79.6 Å². The van der Waals surface area contributed by atoms with Crippen molar-refractivity contribution in [1.82, 2.24) is 20.4 Å². The molecule has 3 fully saturated rings. The van der Waals surface area contributed by atoms with Crippen molar-refractivity contribution < 1.29 is 22.8 Å². The maximum absolute atomic E-state index is 12.7. The number of carbonyl (C=O) groups excluding carboxylic acids is 2. The minimum absolute atomic E-state index is 0. The zero-order chi connectivity index (χ0) is 21.5. The van der Waals surface area contributed by atoms with Gasteiger partial charge in [-0.25, -0.2) is 0 Å².